The van der Waals surface area contributed by atoms with Crippen LogP contribution in [0.25, 0.3) is 0 Å². The lowest BCUT2D eigenvalue weighted by atomic mass is 9.99. The summed E-state index contributed by atoms with van der Waals surface area (Å²) in [5, 5.41) is 2.84. The molecule has 4 nitrogen and oxygen atoms in total. The first-order valence-corrected chi connectivity index (χ1v) is 13.2. The lowest BCUT2D eigenvalue weighted by Crippen LogP contribution is -2.46. The second-order valence-corrected chi connectivity index (χ2v) is 13.1. The summed E-state index contributed by atoms with van der Waals surface area (Å²) in [7, 11) is -2.19. The summed E-state index contributed by atoms with van der Waals surface area (Å²) in [4.78, 5) is 15.1. The molecule has 0 bridgehead atoms. The van der Waals surface area contributed by atoms with Crippen molar-refractivity contribution in [1.82, 2.24) is 4.90 Å². The zero-order chi connectivity index (χ0) is 21.6. The second kappa shape index (κ2) is 10.1. The zero-order valence-electron chi connectivity index (χ0n) is 17.4. The summed E-state index contributed by atoms with van der Waals surface area (Å²) >= 11 is 0. The summed E-state index contributed by atoms with van der Waals surface area (Å²) in [6.07, 6.45) is 5.93. The van der Waals surface area contributed by atoms with Gasteiger partial charge in [-0.05, 0) is 24.1 Å². The fourth-order valence-electron chi connectivity index (χ4n) is 3.55. The van der Waals surface area contributed by atoms with Crippen molar-refractivity contribution in [3.8, 4) is 0 Å². The summed E-state index contributed by atoms with van der Waals surface area (Å²) in [6, 6.07) is 1.81. The van der Waals surface area contributed by atoms with Crippen LogP contribution in [0.15, 0.2) is 49.1 Å². The van der Waals surface area contributed by atoms with Gasteiger partial charge in [-0.25, -0.2) is 8.78 Å². The van der Waals surface area contributed by atoms with Crippen LogP contribution in [0, 0.1) is 11.6 Å². The van der Waals surface area contributed by atoms with Gasteiger partial charge in [-0.15, -0.1) is 13.2 Å². The minimum absolute atomic E-state index is 0.113. The molecule has 1 heterocycles. The predicted octanol–water partition coefficient (Wildman–Crippen LogP) is 3.84. The second-order valence-electron chi connectivity index (χ2n) is 8.09. The average Bonchev–Trinajstić information content (AvgIpc) is 2.61. The Hall–Kier alpha value is -2.09. The molecule has 158 valence electrons. The lowest BCUT2D eigenvalue weighted by Gasteiger charge is -2.32. The topological polar surface area (TPSA) is 41.6 Å². The Balaban J connectivity index is 2.35. The molecule has 1 aromatic carbocycles. The van der Waals surface area contributed by atoms with E-state index in [1.807, 2.05) is 30.6 Å². The number of amides is 1. The highest BCUT2D eigenvalue weighted by Gasteiger charge is 2.30. The van der Waals surface area contributed by atoms with Crippen molar-refractivity contribution < 1.29 is 18.3 Å². The van der Waals surface area contributed by atoms with Crippen molar-refractivity contribution in [2.75, 3.05) is 31.6 Å². The van der Waals surface area contributed by atoms with E-state index in [0.717, 1.165) is 5.57 Å². The molecule has 2 rings (SSSR count). The highest BCUT2D eigenvalue weighted by Crippen LogP contribution is 2.22. The van der Waals surface area contributed by atoms with Gasteiger partial charge in [0, 0.05) is 24.0 Å². The van der Waals surface area contributed by atoms with Gasteiger partial charge in [0.1, 0.15) is 17.7 Å². The van der Waals surface area contributed by atoms with Crippen LogP contribution in [0.1, 0.15) is 6.42 Å². The van der Waals surface area contributed by atoms with E-state index in [2.05, 4.69) is 18.5 Å². The minimum atomic E-state index is -2.19. The van der Waals surface area contributed by atoms with Crippen LogP contribution in [-0.4, -0.2) is 51.2 Å². The van der Waals surface area contributed by atoms with E-state index in [0.29, 0.717) is 32.7 Å². The Morgan fingerprint density at radius 2 is 1.83 bits per heavy atom. The van der Waals surface area contributed by atoms with E-state index < -0.39 is 25.8 Å². The van der Waals surface area contributed by atoms with Crippen molar-refractivity contribution >= 4 is 24.9 Å². The van der Waals surface area contributed by atoms with E-state index in [9.17, 15) is 13.6 Å². The Morgan fingerprint density at radius 1 is 1.24 bits per heavy atom. The number of anilines is 1. The van der Waals surface area contributed by atoms with E-state index in [1.54, 1.807) is 12.2 Å². The normalized spacial score (nSPS) is 15.6. The molecule has 0 saturated heterocycles. The van der Waals surface area contributed by atoms with Crippen LogP contribution in [0.2, 0.25) is 19.6 Å². The summed E-state index contributed by atoms with van der Waals surface area (Å²) < 4.78 is 34.5. The summed E-state index contributed by atoms with van der Waals surface area (Å²) in [5.74, 6) is -1.58. The first-order valence-electron chi connectivity index (χ1n) is 9.72. The van der Waals surface area contributed by atoms with Gasteiger partial charge >= 0.3 is 0 Å². The quantitative estimate of drug-likeness (QED) is 0.488. The molecule has 1 unspecified atom stereocenters. The van der Waals surface area contributed by atoms with Gasteiger partial charge in [0.25, 0.3) is 0 Å². The van der Waals surface area contributed by atoms with E-state index in [-0.39, 0.29) is 16.8 Å². The predicted molar refractivity (Wildman–Crippen MR) is 117 cm³/mol. The molecule has 0 aromatic heterocycles. The first kappa shape index (κ1) is 23.2. The van der Waals surface area contributed by atoms with Crippen LogP contribution in [0.4, 0.5) is 14.5 Å². The number of carbonyl (C=O) groups excluding carboxylic acids is 1. The summed E-state index contributed by atoms with van der Waals surface area (Å²) in [6.45, 7) is 15.1. The third kappa shape index (κ3) is 5.94. The van der Waals surface area contributed by atoms with Gasteiger partial charge in [0.15, 0.2) is 0 Å². The van der Waals surface area contributed by atoms with Gasteiger partial charge in [-0.1, -0.05) is 37.9 Å². The van der Waals surface area contributed by atoms with Crippen LogP contribution in [0.5, 0.6) is 0 Å². The Bertz CT molecular complexity index is 769. The molecule has 0 radical (unpaired) electrons. The van der Waals surface area contributed by atoms with Crippen molar-refractivity contribution in [2.45, 2.75) is 32.1 Å². The number of carbonyl (C=O) groups is 1. The molecular formula is C22H30F2N2O2Si. The monoisotopic (exact) mass is 420 g/mol. The minimum Gasteiger partial charge on any atom is -0.377 e. The smallest absolute Gasteiger partial charge is 0.246 e. The molecule has 1 aliphatic heterocycles. The van der Waals surface area contributed by atoms with Crippen LogP contribution in [-0.2, 0) is 9.53 Å². The lowest BCUT2D eigenvalue weighted by molar-refractivity contribution is -0.120. The molecule has 1 N–H and O–H groups in total. The zero-order valence-corrected chi connectivity index (χ0v) is 18.4. The largest absolute Gasteiger partial charge is 0.377 e. The Kier molecular flexibility index (Phi) is 8.07. The molecular weight excluding hydrogens is 390 g/mol. The van der Waals surface area contributed by atoms with E-state index in [1.165, 1.54) is 12.1 Å². The molecule has 0 saturated carbocycles. The van der Waals surface area contributed by atoms with Crippen molar-refractivity contribution in [3.05, 3.63) is 60.7 Å². The van der Waals surface area contributed by atoms with Crippen LogP contribution >= 0.6 is 0 Å². The van der Waals surface area contributed by atoms with Crippen molar-refractivity contribution in [3.63, 3.8) is 0 Å². The number of rotatable bonds is 9. The van der Waals surface area contributed by atoms with Gasteiger partial charge < -0.3 is 10.1 Å². The fourth-order valence-corrected chi connectivity index (χ4v) is 5.13. The molecule has 1 aromatic rings. The van der Waals surface area contributed by atoms with Crippen molar-refractivity contribution in [1.29, 1.82) is 0 Å². The molecule has 0 spiro atoms. The van der Waals surface area contributed by atoms with Crippen LogP contribution < -0.4 is 10.5 Å². The van der Waals surface area contributed by atoms with Gasteiger partial charge in [0.2, 0.25) is 5.91 Å². The Labute approximate surface area is 172 Å². The van der Waals surface area contributed by atoms with E-state index in [4.69, 9.17) is 4.74 Å². The highest BCUT2D eigenvalue weighted by molar-refractivity contribution is 6.88. The molecule has 1 atom stereocenters. The summed E-state index contributed by atoms with van der Waals surface area (Å²) in [5.41, 5.74) is 1.03. The van der Waals surface area contributed by atoms with Gasteiger partial charge in [-0.2, -0.15) is 0 Å². The maximum atomic E-state index is 14.6. The number of nitrogens with one attached hydrogen (secondary N) is 1. The van der Waals surface area contributed by atoms with Crippen LogP contribution in [0.3, 0.4) is 0 Å². The maximum Gasteiger partial charge on any atom is 0.246 e. The number of ether oxygens (including phenoxy) is 1. The standard InChI is InChI=1S/C22H30F2N2O2Si/c1-6-10-26(11-7-2)20(16-8-12-28-13-9-16)22(27)25-17-14-18(23)21(19(24)15-17)29(3,4)5/h6-8,14-15,20H,1-2,9-13H2,3-5H3,(H,25,27). The molecule has 7 heteroatoms. The third-order valence-electron chi connectivity index (χ3n) is 4.75. The third-order valence-corrected chi connectivity index (χ3v) is 6.73. The van der Waals surface area contributed by atoms with Crippen molar-refractivity contribution in [2.24, 2.45) is 0 Å². The SMILES string of the molecule is C=CCN(CC=C)C(C(=O)Nc1cc(F)c([Si](C)(C)C)c(F)c1)C1=CCOCC1. The molecule has 1 amide bonds. The first-order chi connectivity index (χ1) is 13.7. The number of halogens is 2. The van der Waals surface area contributed by atoms with Gasteiger partial charge in [-0.3, -0.25) is 9.69 Å². The fraction of sp³-hybridized carbons (Fsp3) is 0.409. The number of hydrogen-bond donors (Lipinski definition) is 1. The maximum absolute atomic E-state index is 14.6. The Morgan fingerprint density at radius 3 is 2.28 bits per heavy atom. The number of hydrogen-bond acceptors (Lipinski definition) is 3. The molecule has 0 aliphatic carbocycles. The van der Waals surface area contributed by atoms with E-state index >= 15 is 0 Å². The highest BCUT2D eigenvalue weighted by atomic mass is 28.3. The van der Waals surface area contributed by atoms with Gasteiger partial charge in [0.05, 0.1) is 21.3 Å². The molecule has 29 heavy (non-hydrogen) atoms. The number of nitrogens with zero attached hydrogens (tertiary/aromatic N) is 1. The molecule has 0 fully saturated rings. The molecule has 1 aliphatic rings. The number of benzene rings is 1. The average molecular weight is 421 g/mol.